The van der Waals surface area contributed by atoms with Crippen LogP contribution in [0.25, 0.3) is 11.5 Å². The molecule has 0 aliphatic carbocycles. The maximum Gasteiger partial charge on any atom is 0.322 e. The number of nitrogens with one attached hydrogen (secondary N) is 1. The highest BCUT2D eigenvalue weighted by Gasteiger charge is 2.34. The number of carbonyl (C=O) groups excluding carboxylic acids is 1. The fourth-order valence-electron chi connectivity index (χ4n) is 3.36. The van der Waals surface area contributed by atoms with E-state index in [9.17, 15) is 17.6 Å². The first kappa shape index (κ1) is 21.4. The monoisotopic (exact) mass is 464 g/mol. The zero-order chi connectivity index (χ0) is 22.0. The molecule has 0 bridgehead atoms. The molecule has 2 heterocycles. The lowest BCUT2D eigenvalue weighted by atomic mass is 9.99. The molecule has 1 saturated heterocycles. The van der Waals surface area contributed by atoms with Crippen LogP contribution >= 0.6 is 11.6 Å². The van der Waals surface area contributed by atoms with Crippen LogP contribution in [0.15, 0.2) is 57.8 Å². The number of rotatable bonds is 5. The molecule has 1 amide bonds. The van der Waals surface area contributed by atoms with E-state index in [1.807, 2.05) is 0 Å². The van der Waals surface area contributed by atoms with Gasteiger partial charge in [0.2, 0.25) is 15.9 Å². The van der Waals surface area contributed by atoms with E-state index < -0.39 is 27.7 Å². The van der Waals surface area contributed by atoms with Gasteiger partial charge in [0.05, 0.1) is 21.4 Å². The number of aromatic nitrogens is 2. The number of carbonyl (C=O) groups is 1. The number of benzene rings is 2. The third-order valence-corrected chi connectivity index (χ3v) is 7.17. The molecule has 1 aliphatic rings. The molecule has 1 aliphatic heterocycles. The smallest absolute Gasteiger partial charge is 0.322 e. The Labute approximate surface area is 183 Å². The summed E-state index contributed by atoms with van der Waals surface area (Å²) < 4.78 is 45.5. The molecule has 1 aromatic heterocycles. The van der Waals surface area contributed by atoms with Crippen LogP contribution in [-0.2, 0) is 14.8 Å². The summed E-state index contributed by atoms with van der Waals surface area (Å²) in [5.74, 6) is -1.39. The molecule has 162 valence electrons. The van der Waals surface area contributed by atoms with Crippen molar-refractivity contribution in [2.45, 2.75) is 17.7 Å². The molecule has 31 heavy (non-hydrogen) atoms. The third kappa shape index (κ3) is 4.60. The predicted molar refractivity (Wildman–Crippen MR) is 111 cm³/mol. The second kappa shape index (κ2) is 8.74. The Kier molecular flexibility index (Phi) is 6.03. The Balaban J connectivity index is 1.45. The van der Waals surface area contributed by atoms with Crippen LogP contribution in [0.1, 0.15) is 12.8 Å². The van der Waals surface area contributed by atoms with Gasteiger partial charge in [0.25, 0.3) is 5.89 Å². The Morgan fingerprint density at radius 3 is 2.65 bits per heavy atom. The van der Waals surface area contributed by atoms with Crippen molar-refractivity contribution in [1.29, 1.82) is 0 Å². The topological polar surface area (TPSA) is 105 Å². The number of hydrogen-bond acceptors (Lipinski definition) is 6. The highest BCUT2D eigenvalue weighted by atomic mass is 35.5. The Hall–Kier alpha value is -2.82. The van der Waals surface area contributed by atoms with Crippen LogP contribution in [0.5, 0.6) is 0 Å². The van der Waals surface area contributed by atoms with Crippen LogP contribution in [0.3, 0.4) is 0 Å². The number of piperidine rings is 1. The van der Waals surface area contributed by atoms with Crippen LogP contribution < -0.4 is 5.32 Å². The molecule has 8 nitrogen and oxygen atoms in total. The molecule has 0 saturated carbocycles. The summed E-state index contributed by atoms with van der Waals surface area (Å²) in [6.07, 6.45) is 1.01. The molecule has 3 aromatic rings. The van der Waals surface area contributed by atoms with Gasteiger partial charge in [0.1, 0.15) is 5.82 Å². The fourth-order valence-corrected chi connectivity index (χ4v) is 5.10. The predicted octanol–water partition coefficient (Wildman–Crippen LogP) is 3.57. The van der Waals surface area contributed by atoms with E-state index in [2.05, 4.69) is 15.5 Å². The van der Waals surface area contributed by atoms with E-state index in [0.717, 1.165) is 12.1 Å². The van der Waals surface area contributed by atoms with Crippen molar-refractivity contribution in [3.05, 3.63) is 59.4 Å². The van der Waals surface area contributed by atoms with Crippen molar-refractivity contribution in [3.8, 4) is 11.5 Å². The summed E-state index contributed by atoms with van der Waals surface area (Å²) in [6.45, 7) is 0.276. The van der Waals surface area contributed by atoms with E-state index in [1.165, 1.54) is 16.4 Å². The van der Waals surface area contributed by atoms with Gasteiger partial charge in [-0.1, -0.05) is 28.8 Å². The van der Waals surface area contributed by atoms with Crippen molar-refractivity contribution >= 4 is 33.5 Å². The van der Waals surface area contributed by atoms with Crippen molar-refractivity contribution in [2.75, 3.05) is 18.4 Å². The molecule has 0 spiro atoms. The quantitative estimate of drug-likeness (QED) is 0.618. The maximum atomic E-state index is 13.1. The molecule has 1 fully saturated rings. The number of halogens is 2. The first-order valence-electron chi connectivity index (χ1n) is 9.49. The lowest BCUT2D eigenvalue weighted by Crippen LogP contribution is -2.43. The summed E-state index contributed by atoms with van der Waals surface area (Å²) in [6, 6.07) is 11.4. The average Bonchev–Trinajstić information content (AvgIpc) is 3.22. The van der Waals surface area contributed by atoms with Gasteiger partial charge in [-0.05, 0) is 49.2 Å². The zero-order valence-corrected chi connectivity index (χ0v) is 17.7. The Morgan fingerprint density at radius 1 is 1.16 bits per heavy atom. The molecule has 0 radical (unpaired) electrons. The standard InChI is InChI=1S/C20H18ClFN4O4S/c21-17-6-2-1-5-16(17)19-24-25-20(30-19)23-18(27)13-4-3-11-26(12-13)31(28,29)15-9-7-14(22)8-10-15/h1-2,5-10,13H,3-4,11-12H2,(H,23,25,27). The number of nitrogens with zero attached hydrogens (tertiary/aromatic N) is 3. The van der Waals surface area contributed by atoms with Gasteiger partial charge >= 0.3 is 6.01 Å². The number of sulfonamides is 1. The molecular weight excluding hydrogens is 447 g/mol. The second-order valence-electron chi connectivity index (χ2n) is 7.04. The summed E-state index contributed by atoms with van der Waals surface area (Å²) in [5.41, 5.74) is 0.534. The highest BCUT2D eigenvalue weighted by molar-refractivity contribution is 7.89. The van der Waals surface area contributed by atoms with Crippen molar-refractivity contribution in [3.63, 3.8) is 0 Å². The SMILES string of the molecule is O=C(Nc1nnc(-c2ccccc2Cl)o1)C1CCCN(S(=O)(=O)c2ccc(F)cc2)C1. The van der Waals surface area contributed by atoms with E-state index in [0.29, 0.717) is 23.4 Å². The number of hydrogen-bond donors (Lipinski definition) is 1. The normalized spacial score (nSPS) is 17.4. The summed E-state index contributed by atoms with van der Waals surface area (Å²) in [4.78, 5) is 12.7. The first-order chi connectivity index (χ1) is 14.8. The van der Waals surface area contributed by atoms with E-state index in [-0.39, 0.29) is 29.9 Å². The third-order valence-electron chi connectivity index (χ3n) is 4.97. The van der Waals surface area contributed by atoms with Gasteiger partial charge in [0, 0.05) is 13.1 Å². The van der Waals surface area contributed by atoms with Gasteiger partial charge in [-0.3, -0.25) is 10.1 Å². The minimum atomic E-state index is -3.83. The maximum absolute atomic E-state index is 13.1. The molecule has 1 N–H and O–H groups in total. The largest absolute Gasteiger partial charge is 0.403 e. The fraction of sp³-hybridized carbons (Fsp3) is 0.250. The molecule has 11 heteroatoms. The second-order valence-corrected chi connectivity index (χ2v) is 9.38. The van der Waals surface area contributed by atoms with Gasteiger partial charge in [-0.15, -0.1) is 5.10 Å². The Bertz CT molecular complexity index is 1200. The van der Waals surface area contributed by atoms with Crippen LogP contribution in [0.4, 0.5) is 10.4 Å². The molecule has 1 unspecified atom stereocenters. The average molecular weight is 465 g/mol. The highest BCUT2D eigenvalue weighted by Crippen LogP contribution is 2.28. The van der Waals surface area contributed by atoms with Gasteiger partial charge < -0.3 is 4.42 Å². The van der Waals surface area contributed by atoms with Crippen LogP contribution in [-0.4, -0.2) is 41.9 Å². The van der Waals surface area contributed by atoms with Gasteiger partial charge in [0.15, 0.2) is 0 Å². The van der Waals surface area contributed by atoms with E-state index >= 15 is 0 Å². The minimum Gasteiger partial charge on any atom is -0.403 e. The van der Waals surface area contributed by atoms with E-state index in [1.54, 1.807) is 24.3 Å². The first-order valence-corrected chi connectivity index (χ1v) is 11.3. The molecule has 2 aromatic carbocycles. The van der Waals surface area contributed by atoms with Crippen molar-refractivity contribution < 1.29 is 22.0 Å². The number of anilines is 1. The zero-order valence-electron chi connectivity index (χ0n) is 16.2. The van der Waals surface area contributed by atoms with Crippen LogP contribution in [0, 0.1) is 11.7 Å². The summed E-state index contributed by atoms with van der Waals surface area (Å²) >= 11 is 6.12. The lowest BCUT2D eigenvalue weighted by Gasteiger charge is -2.30. The van der Waals surface area contributed by atoms with Crippen LogP contribution in [0.2, 0.25) is 5.02 Å². The van der Waals surface area contributed by atoms with Crippen molar-refractivity contribution in [1.82, 2.24) is 14.5 Å². The van der Waals surface area contributed by atoms with Crippen molar-refractivity contribution in [2.24, 2.45) is 5.92 Å². The molecule has 1 atom stereocenters. The summed E-state index contributed by atoms with van der Waals surface area (Å²) in [7, 11) is -3.83. The van der Waals surface area contributed by atoms with Gasteiger partial charge in [-0.2, -0.15) is 4.31 Å². The Morgan fingerprint density at radius 2 is 1.90 bits per heavy atom. The molecular formula is C20H18ClFN4O4S. The summed E-state index contributed by atoms with van der Waals surface area (Å²) in [5, 5.41) is 10.7. The molecule has 4 rings (SSSR count). The van der Waals surface area contributed by atoms with E-state index in [4.69, 9.17) is 16.0 Å². The minimum absolute atomic E-state index is 0.00293. The lowest BCUT2D eigenvalue weighted by molar-refractivity contribution is -0.121. The number of amides is 1. The van der Waals surface area contributed by atoms with Gasteiger partial charge in [-0.25, -0.2) is 12.8 Å².